The number of likely N-dealkylation sites (tertiary alicyclic amines) is 1. The number of hydrogen-bond acceptors (Lipinski definition) is 7. The van der Waals surface area contributed by atoms with Gasteiger partial charge < -0.3 is 24.6 Å². The zero-order valence-electron chi connectivity index (χ0n) is 22.5. The molecule has 4 rings (SSSR count). The third-order valence-corrected chi connectivity index (χ3v) is 6.93. The first-order valence-electron chi connectivity index (χ1n) is 12.5. The van der Waals surface area contributed by atoms with Crippen LogP contribution in [0, 0.1) is 6.92 Å². The zero-order chi connectivity index (χ0) is 28.4. The van der Waals surface area contributed by atoms with Gasteiger partial charge in [-0.25, -0.2) is 4.79 Å². The first-order valence-corrected chi connectivity index (χ1v) is 12.5. The summed E-state index contributed by atoms with van der Waals surface area (Å²) in [6.45, 7) is 5.85. The van der Waals surface area contributed by atoms with Crippen LogP contribution in [0.3, 0.4) is 0 Å². The number of benzene rings is 3. The molecule has 0 aromatic heterocycles. The molecule has 0 aliphatic carbocycles. The molecule has 0 bridgehead atoms. The van der Waals surface area contributed by atoms with Crippen molar-refractivity contribution in [3.63, 3.8) is 0 Å². The third kappa shape index (κ3) is 5.23. The lowest BCUT2D eigenvalue weighted by Crippen LogP contribution is -2.29. The van der Waals surface area contributed by atoms with Gasteiger partial charge in [-0.3, -0.25) is 9.59 Å². The lowest BCUT2D eigenvalue weighted by atomic mass is 9.91. The number of aryl methyl sites for hydroxylation is 1. The second-order valence-corrected chi connectivity index (χ2v) is 9.77. The van der Waals surface area contributed by atoms with Gasteiger partial charge in [0.15, 0.2) is 0 Å². The Labute approximate surface area is 227 Å². The smallest absolute Gasteiger partial charge is 0.337 e. The second kappa shape index (κ2) is 11.0. The minimum atomic E-state index is -0.908. The molecular formula is C31H31NO7. The quantitative estimate of drug-likeness (QED) is 0.186. The Kier molecular flexibility index (Phi) is 7.76. The molecule has 1 saturated heterocycles. The van der Waals surface area contributed by atoms with Crippen LogP contribution in [0.4, 0.5) is 0 Å². The number of carbonyl (C=O) groups is 3. The number of aliphatic hydroxyl groups excluding tert-OH is 1. The average molecular weight is 530 g/mol. The summed E-state index contributed by atoms with van der Waals surface area (Å²) in [6, 6.07) is 15.4. The van der Waals surface area contributed by atoms with E-state index in [1.54, 1.807) is 62.6 Å². The largest absolute Gasteiger partial charge is 0.508 e. The monoisotopic (exact) mass is 529 g/mol. The number of ether oxygens (including phenoxy) is 2. The number of phenolic OH excluding ortho intramolecular Hbond substituents is 1. The molecule has 1 unspecified atom stereocenters. The van der Waals surface area contributed by atoms with E-state index in [0.717, 1.165) is 5.56 Å². The van der Waals surface area contributed by atoms with Gasteiger partial charge in [0.05, 0.1) is 31.4 Å². The third-order valence-electron chi connectivity index (χ3n) is 6.93. The summed E-state index contributed by atoms with van der Waals surface area (Å²) in [5, 5.41) is 21.5. The van der Waals surface area contributed by atoms with Crippen LogP contribution < -0.4 is 4.74 Å². The summed E-state index contributed by atoms with van der Waals surface area (Å²) in [5.41, 5.74) is 3.51. The fraction of sp³-hybridized carbons (Fsp3) is 0.258. The number of aliphatic hydroxyl groups is 1. The van der Waals surface area contributed by atoms with Crippen molar-refractivity contribution in [2.75, 3.05) is 14.2 Å². The highest BCUT2D eigenvalue weighted by atomic mass is 16.5. The number of ketones is 1. The number of aromatic hydroxyl groups is 1. The summed E-state index contributed by atoms with van der Waals surface area (Å²) < 4.78 is 10.3. The van der Waals surface area contributed by atoms with Crippen LogP contribution >= 0.6 is 0 Å². The van der Waals surface area contributed by atoms with Crippen molar-refractivity contribution in [1.82, 2.24) is 4.90 Å². The fourth-order valence-electron chi connectivity index (χ4n) is 4.83. The zero-order valence-corrected chi connectivity index (χ0v) is 22.5. The van der Waals surface area contributed by atoms with Gasteiger partial charge in [-0.15, -0.1) is 0 Å². The van der Waals surface area contributed by atoms with E-state index in [-0.39, 0.29) is 29.5 Å². The van der Waals surface area contributed by atoms with E-state index in [9.17, 15) is 24.6 Å². The molecular weight excluding hydrogens is 498 g/mol. The molecule has 1 fully saturated rings. The van der Waals surface area contributed by atoms with E-state index in [4.69, 9.17) is 9.47 Å². The number of carbonyl (C=O) groups excluding carboxylic acids is 3. The summed E-state index contributed by atoms with van der Waals surface area (Å²) in [5.74, 6) is -1.55. The van der Waals surface area contributed by atoms with Crippen LogP contribution in [-0.2, 0) is 20.9 Å². The molecule has 1 amide bonds. The Morgan fingerprint density at radius 2 is 1.64 bits per heavy atom. The van der Waals surface area contributed by atoms with Crippen molar-refractivity contribution in [3.8, 4) is 11.5 Å². The molecule has 3 aromatic carbocycles. The van der Waals surface area contributed by atoms with Gasteiger partial charge in [-0.1, -0.05) is 38.1 Å². The fourth-order valence-corrected chi connectivity index (χ4v) is 4.83. The molecule has 202 valence electrons. The molecule has 3 aromatic rings. The maximum atomic E-state index is 13.5. The first-order chi connectivity index (χ1) is 18.6. The Hall–Kier alpha value is -4.59. The molecule has 0 saturated carbocycles. The molecule has 39 heavy (non-hydrogen) atoms. The van der Waals surface area contributed by atoms with Gasteiger partial charge in [-0.05, 0) is 71.5 Å². The van der Waals surface area contributed by atoms with Crippen LogP contribution in [0.2, 0.25) is 0 Å². The number of hydrogen-bond donors (Lipinski definition) is 2. The maximum absolute atomic E-state index is 13.5. The Morgan fingerprint density at radius 3 is 2.21 bits per heavy atom. The van der Waals surface area contributed by atoms with Gasteiger partial charge in [-0.2, -0.15) is 0 Å². The van der Waals surface area contributed by atoms with Crippen molar-refractivity contribution >= 4 is 23.4 Å². The number of Topliss-reactive ketones (excluding diaryl/α,β-unsaturated/α-hetero) is 1. The number of methoxy groups -OCH3 is 2. The summed E-state index contributed by atoms with van der Waals surface area (Å²) >= 11 is 0. The topological polar surface area (TPSA) is 113 Å². The van der Waals surface area contributed by atoms with Crippen LogP contribution in [0.15, 0.2) is 66.2 Å². The van der Waals surface area contributed by atoms with E-state index < -0.39 is 23.7 Å². The van der Waals surface area contributed by atoms with Crippen molar-refractivity contribution in [2.45, 2.75) is 39.3 Å². The standard InChI is InChI=1S/C31H31NO7/c1-17(2)23-15-24(18(3)14-25(23)38-4)28(34)26-27(20-10-12-22(33)13-11-20)32(30(36)29(26)35)16-19-6-8-21(9-7-19)31(37)39-5/h6-15,17,27,33-34H,16H2,1-5H3/b28-26+. The van der Waals surface area contributed by atoms with Gasteiger partial charge in [0.2, 0.25) is 0 Å². The molecule has 2 N–H and O–H groups in total. The van der Waals surface area contributed by atoms with E-state index in [1.807, 2.05) is 13.8 Å². The Balaban J connectivity index is 1.86. The number of nitrogens with zero attached hydrogens (tertiary/aromatic N) is 1. The molecule has 1 aliphatic rings. The minimum Gasteiger partial charge on any atom is -0.508 e. The van der Waals surface area contributed by atoms with E-state index in [0.29, 0.717) is 33.6 Å². The molecule has 1 aliphatic heterocycles. The van der Waals surface area contributed by atoms with Crippen molar-refractivity contribution in [2.24, 2.45) is 0 Å². The number of esters is 1. The van der Waals surface area contributed by atoms with Crippen LogP contribution in [-0.4, -0.2) is 47.0 Å². The highest BCUT2D eigenvalue weighted by Crippen LogP contribution is 2.42. The SMILES string of the molecule is COC(=O)c1ccc(CN2C(=O)C(=O)/C(=C(/O)c3cc(C(C)C)c(OC)cc3C)C2c2ccc(O)cc2)cc1. The molecule has 1 atom stereocenters. The maximum Gasteiger partial charge on any atom is 0.337 e. The molecule has 1 heterocycles. The molecule has 8 nitrogen and oxygen atoms in total. The van der Waals surface area contributed by atoms with Gasteiger partial charge in [0.25, 0.3) is 11.7 Å². The van der Waals surface area contributed by atoms with Crippen molar-refractivity contribution in [3.05, 3.63) is 99.6 Å². The van der Waals surface area contributed by atoms with Crippen molar-refractivity contribution in [1.29, 1.82) is 0 Å². The lowest BCUT2D eigenvalue weighted by Gasteiger charge is -2.26. The van der Waals surface area contributed by atoms with Crippen LogP contribution in [0.1, 0.15) is 64.0 Å². The average Bonchev–Trinajstić information content (AvgIpc) is 3.17. The van der Waals surface area contributed by atoms with E-state index in [1.165, 1.54) is 24.1 Å². The second-order valence-electron chi connectivity index (χ2n) is 9.77. The minimum absolute atomic E-state index is 0.0293. The summed E-state index contributed by atoms with van der Waals surface area (Å²) in [7, 11) is 2.87. The van der Waals surface area contributed by atoms with Crippen LogP contribution in [0.25, 0.3) is 5.76 Å². The van der Waals surface area contributed by atoms with Gasteiger partial charge in [0, 0.05) is 12.1 Å². The highest BCUT2D eigenvalue weighted by molar-refractivity contribution is 6.46. The predicted molar refractivity (Wildman–Crippen MR) is 146 cm³/mol. The van der Waals surface area contributed by atoms with Crippen molar-refractivity contribution < 1.29 is 34.1 Å². The Bertz CT molecular complexity index is 1450. The van der Waals surface area contributed by atoms with Gasteiger partial charge >= 0.3 is 5.97 Å². The summed E-state index contributed by atoms with van der Waals surface area (Å²) in [6.07, 6.45) is 0. The molecule has 0 spiro atoms. The highest BCUT2D eigenvalue weighted by Gasteiger charge is 2.46. The normalized spacial score (nSPS) is 16.6. The Morgan fingerprint density at radius 1 is 1.00 bits per heavy atom. The van der Waals surface area contributed by atoms with Crippen LogP contribution in [0.5, 0.6) is 11.5 Å². The number of rotatable bonds is 7. The lowest BCUT2D eigenvalue weighted by molar-refractivity contribution is -0.140. The number of amides is 1. The molecule has 0 radical (unpaired) electrons. The molecule has 8 heteroatoms. The number of phenols is 1. The predicted octanol–water partition coefficient (Wildman–Crippen LogP) is 5.24. The van der Waals surface area contributed by atoms with E-state index in [2.05, 4.69) is 0 Å². The summed E-state index contributed by atoms with van der Waals surface area (Å²) in [4.78, 5) is 40.0. The van der Waals surface area contributed by atoms with Gasteiger partial charge in [0.1, 0.15) is 17.3 Å². The first kappa shape index (κ1) is 27.4. The van der Waals surface area contributed by atoms with E-state index >= 15 is 0 Å².